The Labute approximate surface area is 102 Å². The second kappa shape index (κ2) is 3.39. The van der Waals surface area contributed by atoms with E-state index in [0.29, 0.717) is 11.8 Å². The van der Waals surface area contributed by atoms with Gasteiger partial charge in [0.1, 0.15) is 11.4 Å². The summed E-state index contributed by atoms with van der Waals surface area (Å²) in [6.45, 7) is 4.45. The average Bonchev–Trinajstić information content (AvgIpc) is 2.94. The molecule has 1 aliphatic carbocycles. The summed E-state index contributed by atoms with van der Waals surface area (Å²) >= 11 is 0. The van der Waals surface area contributed by atoms with Gasteiger partial charge in [0.25, 0.3) is 0 Å². The maximum Gasteiger partial charge on any atom is 0.123 e. The number of aliphatic hydroxyl groups excluding tert-OH is 1. The van der Waals surface area contributed by atoms with Gasteiger partial charge in [-0.15, -0.1) is 0 Å². The first kappa shape index (κ1) is 10.9. The van der Waals surface area contributed by atoms with Gasteiger partial charge in [-0.05, 0) is 49.8 Å². The van der Waals surface area contributed by atoms with Gasteiger partial charge in [-0.1, -0.05) is 0 Å². The number of fused-ring (bicyclic) bond motifs is 1. The monoisotopic (exact) mass is 233 g/mol. The lowest BCUT2D eigenvalue weighted by Crippen LogP contribution is -2.24. The zero-order valence-electron chi connectivity index (χ0n) is 10.4. The van der Waals surface area contributed by atoms with Crippen LogP contribution in [-0.2, 0) is 6.42 Å². The number of nitrogen functional groups attached to an aromatic ring is 1. The first-order valence-corrected chi connectivity index (χ1v) is 6.22. The maximum absolute atomic E-state index is 9.13. The summed E-state index contributed by atoms with van der Waals surface area (Å²) in [6.07, 6.45) is 1.96. The smallest absolute Gasteiger partial charge is 0.123 e. The molecule has 0 radical (unpaired) electrons. The minimum absolute atomic E-state index is 0.118. The summed E-state index contributed by atoms with van der Waals surface area (Å²) in [5, 5.41) is 9.13. The van der Waals surface area contributed by atoms with Gasteiger partial charge in [-0.25, -0.2) is 0 Å². The van der Waals surface area contributed by atoms with Crippen molar-refractivity contribution in [1.82, 2.24) is 0 Å². The molecule has 1 saturated carbocycles. The predicted octanol–water partition coefficient (Wildman–Crippen LogP) is 2.08. The van der Waals surface area contributed by atoms with Crippen LogP contribution in [0.5, 0.6) is 5.75 Å². The van der Waals surface area contributed by atoms with Crippen LogP contribution in [0.25, 0.3) is 0 Å². The maximum atomic E-state index is 9.13. The van der Waals surface area contributed by atoms with E-state index in [2.05, 4.69) is 19.9 Å². The molecule has 17 heavy (non-hydrogen) atoms. The Morgan fingerprint density at radius 1 is 1.47 bits per heavy atom. The quantitative estimate of drug-likeness (QED) is 0.769. The molecule has 2 aliphatic rings. The normalized spacial score (nSPS) is 28.6. The number of nitrogens with two attached hydrogens (primary N) is 1. The number of benzene rings is 1. The van der Waals surface area contributed by atoms with Gasteiger partial charge >= 0.3 is 0 Å². The van der Waals surface area contributed by atoms with Crippen LogP contribution in [0.4, 0.5) is 5.69 Å². The summed E-state index contributed by atoms with van der Waals surface area (Å²) in [4.78, 5) is 0. The third-order valence-corrected chi connectivity index (χ3v) is 3.83. The summed E-state index contributed by atoms with van der Waals surface area (Å²) in [6, 6.07) is 4.13. The van der Waals surface area contributed by atoms with Crippen molar-refractivity contribution in [3.05, 3.63) is 23.3 Å². The van der Waals surface area contributed by atoms with Crippen molar-refractivity contribution in [2.45, 2.75) is 38.2 Å². The van der Waals surface area contributed by atoms with E-state index in [1.165, 1.54) is 5.56 Å². The molecular weight excluding hydrogens is 214 g/mol. The van der Waals surface area contributed by atoms with E-state index in [-0.39, 0.29) is 12.2 Å². The van der Waals surface area contributed by atoms with E-state index in [9.17, 15) is 0 Å². The molecule has 1 heterocycles. The lowest BCUT2D eigenvalue weighted by molar-refractivity contribution is 0.138. The van der Waals surface area contributed by atoms with Crippen molar-refractivity contribution in [3.8, 4) is 5.75 Å². The Bertz CT molecular complexity index is 468. The standard InChI is InChI=1S/C14H19NO2/c1-14(2)6-8-4-12(15)11(5-13(8)17-14)10-3-9(10)7-16/h4-5,9-10,16H,3,6-7,15H2,1-2H3/t9-,10+/m0/s1. The summed E-state index contributed by atoms with van der Waals surface area (Å²) in [5.74, 6) is 1.80. The predicted molar refractivity (Wildman–Crippen MR) is 67.2 cm³/mol. The number of ether oxygens (including phenoxy) is 1. The van der Waals surface area contributed by atoms with Gasteiger partial charge in [-0.2, -0.15) is 0 Å². The molecule has 1 aromatic rings. The zero-order chi connectivity index (χ0) is 12.2. The van der Waals surface area contributed by atoms with E-state index in [1.54, 1.807) is 0 Å². The fraction of sp³-hybridized carbons (Fsp3) is 0.571. The number of hydrogen-bond donors (Lipinski definition) is 2. The molecule has 3 N–H and O–H groups in total. The Morgan fingerprint density at radius 2 is 2.24 bits per heavy atom. The molecule has 0 bridgehead atoms. The molecule has 0 spiro atoms. The SMILES string of the molecule is CC1(C)Cc2cc(N)c([C@@H]3C[C@H]3CO)cc2O1. The molecule has 2 atom stereocenters. The second-order valence-corrected chi connectivity index (χ2v) is 5.91. The first-order valence-electron chi connectivity index (χ1n) is 6.22. The van der Waals surface area contributed by atoms with Crippen molar-refractivity contribution in [2.24, 2.45) is 5.92 Å². The number of aliphatic hydroxyl groups is 1. The molecular formula is C14H19NO2. The fourth-order valence-electron chi connectivity index (χ4n) is 2.84. The lowest BCUT2D eigenvalue weighted by atomic mass is 9.98. The topological polar surface area (TPSA) is 55.5 Å². The first-order chi connectivity index (χ1) is 8.00. The Morgan fingerprint density at radius 3 is 2.88 bits per heavy atom. The molecule has 0 aromatic heterocycles. The van der Waals surface area contributed by atoms with Gasteiger partial charge in [0.05, 0.1) is 0 Å². The highest BCUT2D eigenvalue weighted by molar-refractivity contribution is 5.59. The third kappa shape index (κ3) is 1.78. The largest absolute Gasteiger partial charge is 0.487 e. The minimum atomic E-state index is -0.118. The minimum Gasteiger partial charge on any atom is -0.487 e. The van der Waals surface area contributed by atoms with Crippen LogP contribution in [0, 0.1) is 5.92 Å². The van der Waals surface area contributed by atoms with Gasteiger partial charge in [0, 0.05) is 24.3 Å². The molecule has 0 unspecified atom stereocenters. The average molecular weight is 233 g/mol. The van der Waals surface area contributed by atoms with E-state index in [4.69, 9.17) is 15.6 Å². The van der Waals surface area contributed by atoms with Gasteiger partial charge in [0.2, 0.25) is 0 Å². The number of anilines is 1. The molecule has 3 rings (SSSR count). The summed E-state index contributed by atoms with van der Waals surface area (Å²) < 4.78 is 5.92. The Hall–Kier alpha value is -1.22. The Kier molecular flexibility index (Phi) is 2.17. The molecule has 1 aromatic carbocycles. The fourth-order valence-corrected chi connectivity index (χ4v) is 2.84. The molecule has 0 amide bonds. The summed E-state index contributed by atoms with van der Waals surface area (Å²) in [5.41, 5.74) is 9.20. The van der Waals surface area contributed by atoms with Crippen LogP contribution in [0.3, 0.4) is 0 Å². The van der Waals surface area contributed by atoms with Gasteiger partial charge in [0.15, 0.2) is 0 Å². The van der Waals surface area contributed by atoms with Crippen molar-refractivity contribution >= 4 is 5.69 Å². The zero-order valence-corrected chi connectivity index (χ0v) is 10.4. The van der Waals surface area contributed by atoms with Crippen LogP contribution in [0.2, 0.25) is 0 Å². The van der Waals surface area contributed by atoms with Crippen molar-refractivity contribution < 1.29 is 9.84 Å². The molecule has 3 nitrogen and oxygen atoms in total. The van der Waals surface area contributed by atoms with E-state index in [0.717, 1.165) is 29.8 Å². The number of rotatable bonds is 2. The van der Waals surface area contributed by atoms with Gasteiger partial charge < -0.3 is 15.6 Å². The Balaban J connectivity index is 1.94. The highest BCUT2D eigenvalue weighted by atomic mass is 16.5. The highest BCUT2D eigenvalue weighted by Crippen LogP contribution is 2.51. The molecule has 1 fully saturated rings. The molecule has 92 valence electrons. The second-order valence-electron chi connectivity index (χ2n) is 5.91. The van der Waals surface area contributed by atoms with Crippen LogP contribution >= 0.6 is 0 Å². The van der Waals surface area contributed by atoms with Crippen LogP contribution in [0.15, 0.2) is 12.1 Å². The lowest BCUT2D eigenvalue weighted by Gasteiger charge is -2.17. The molecule has 3 heteroatoms. The van der Waals surface area contributed by atoms with Crippen LogP contribution < -0.4 is 10.5 Å². The molecule has 1 aliphatic heterocycles. The molecule has 0 saturated heterocycles. The van der Waals surface area contributed by atoms with Crippen molar-refractivity contribution in [1.29, 1.82) is 0 Å². The van der Waals surface area contributed by atoms with Crippen LogP contribution in [0.1, 0.15) is 37.3 Å². The van der Waals surface area contributed by atoms with E-state index in [1.807, 2.05) is 6.07 Å². The van der Waals surface area contributed by atoms with Crippen LogP contribution in [-0.4, -0.2) is 17.3 Å². The third-order valence-electron chi connectivity index (χ3n) is 3.83. The highest BCUT2D eigenvalue weighted by Gasteiger charge is 2.40. The van der Waals surface area contributed by atoms with E-state index >= 15 is 0 Å². The van der Waals surface area contributed by atoms with Crippen molar-refractivity contribution in [2.75, 3.05) is 12.3 Å². The number of hydrogen-bond acceptors (Lipinski definition) is 3. The summed E-state index contributed by atoms with van der Waals surface area (Å²) in [7, 11) is 0. The van der Waals surface area contributed by atoms with E-state index < -0.39 is 0 Å². The van der Waals surface area contributed by atoms with Gasteiger partial charge in [-0.3, -0.25) is 0 Å². The van der Waals surface area contributed by atoms with Crippen molar-refractivity contribution in [3.63, 3.8) is 0 Å².